The normalized spacial score (nSPS) is 11.9. The first-order chi connectivity index (χ1) is 16.5. The summed E-state index contributed by atoms with van der Waals surface area (Å²) < 4.78 is 40.6. The van der Waals surface area contributed by atoms with Gasteiger partial charge in [-0.05, 0) is 35.9 Å². The van der Waals surface area contributed by atoms with E-state index >= 15 is 0 Å². The SMILES string of the molecule is FC(F)(F)c1ccc(N/N=C/c2c(-c3ccccc3)n(-c3ccccc3)c3ccccc23)nc1. The van der Waals surface area contributed by atoms with Crippen molar-refractivity contribution < 1.29 is 13.2 Å². The van der Waals surface area contributed by atoms with Crippen LogP contribution in [0.5, 0.6) is 0 Å². The van der Waals surface area contributed by atoms with E-state index in [2.05, 4.69) is 26.1 Å². The molecule has 0 spiro atoms. The quantitative estimate of drug-likeness (QED) is 0.225. The molecule has 4 nitrogen and oxygen atoms in total. The minimum Gasteiger partial charge on any atom is -0.309 e. The molecule has 0 amide bonds. The van der Waals surface area contributed by atoms with E-state index in [9.17, 15) is 13.2 Å². The fraction of sp³-hybridized carbons (Fsp3) is 0.0370. The molecule has 0 bridgehead atoms. The van der Waals surface area contributed by atoms with E-state index in [4.69, 9.17) is 0 Å². The Hall–Kier alpha value is -4.39. The second-order valence-corrected chi connectivity index (χ2v) is 7.62. The molecule has 3 aromatic carbocycles. The van der Waals surface area contributed by atoms with Crippen LogP contribution in [0.1, 0.15) is 11.1 Å². The van der Waals surface area contributed by atoms with Crippen molar-refractivity contribution in [3.63, 3.8) is 0 Å². The molecule has 168 valence electrons. The lowest BCUT2D eigenvalue weighted by atomic mass is 10.1. The summed E-state index contributed by atoms with van der Waals surface area (Å²) in [6, 6.07) is 30.3. The van der Waals surface area contributed by atoms with Crippen molar-refractivity contribution in [1.29, 1.82) is 0 Å². The number of hydrazone groups is 1. The number of rotatable bonds is 5. The van der Waals surface area contributed by atoms with Crippen LogP contribution in [0.2, 0.25) is 0 Å². The van der Waals surface area contributed by atoms with Crippen LogP contribution in [-0.2, 0) is 6.18 Å². The van der Waals surface area contributed by atoms with Crippen LogP contribution in [0.4, 0.5) is 19.0 Å². The summed E-state index contributed by atoms with van der Waals surface area (Å²) in [7, 11) is 0. The Morgan fingerprint density at radius 1 is 0.794 bits per heavy atom. The van der Waals surface area contributed by atoms with Crippen molar-refractivity contribution in [3.05, 3.63) is 114 Å². The van der Waals surface area contributed by atoms with Gasteiger partial charge in [0.1, 0.15) is 5.82 Å². The fourth-order valence-electron chi connectivity index (χ4n) is 3.91. The van der Waals surface area contributed by atoms with Crippen molar-refractivity contribution in [1.82, 2.24) is 9.55 Å². The minimum absolute atomic E-state index is 0.220. The largest absolute Gasteiger partial charge is 0.417 e. The van der Waals surface area contributed by atoms with Crippen LogP contribution < -0.4 is 5.43 Å². The third kappa shape index (κ3) is 4.15. The van der Waals surface area contributed by atoms with Gasteiger partial charge in [0.2, 0.25) is 0 Å². The monoisotopic (exact) mass is 456 g/mol. The maximum atomic E-state index is 12.8. The van der Waals surface area contributed by atoms with Gasteiger partial charge in [0.15, 0.2) is 0 Å². The summed E-state index contributed by atoms with van der Waals surface area (Å²) in [6.45, 7) is 0. The summed E-state index contributed by atoms with van der Waals surface area (Å²) >= 11 is 0. The molecule has 0 fully saturated rings. The van der Waals surface area contributed by atoms with Crippen molar-refractivity contribution in [2.45, 2.75) is 6.18 Å². The number of benzene rings is 3. The molecule has 0 atom stereocenters. The Morgan fingerprint density at radius 2 is 1.47 bits per heavy atom. The third-order valence-electron chi connectivity index (χ3n) is 5.44. The number of fused-ring (bicyclic) bond motifs is 1. The molecular formula is C27H19F3N4. The van der Waals surface area contributed by atoms with Gasteiger partial charge >= 0.3 is 6.18 Å². The number of hydrogen-bond donors (Lipinski definition) is 1. The van der Waals surface area contributed by atoms with Gasteiger partial charge in [-0.2, -0.15) is 18.3 Å². The number of pyridine rings is 1. The zero-order chi connectivity index (χ0) is 23.5. The van der Waals surface area contributed by atoms with Crippen molar-refractivity contribution in [3.8, 4) is 16.9 Å². The maximum Gasteiger partial charge on any atom is 0.417 e. The maximum absolute atomic E-state index is 12.8. The number of anilines is 1. The van der Waals surface area contributed by atoms with Crippen LogP contribution in [0.15, 0.2) is 108 Å². The summed E-state index contributed by atoms with van der Waals surface area (Å²) in [5.41, 5.74) is 6.81. The molecule has 0 unspecified atom stereocenters. The van der Waals surface area contributed by atoms with E-state index in [0.717, 1.165) is 45.7 Å². The number of hydrogen-bond acceptors (Lipinski definition) is 3. The van der Waals surface area contributed by atoms with Gasteiger partial charge in [-0.1, -0.05) is 66.7 Å². The molecule has 2 heterocycles. The summed E-state index contributed by atoms with van der Waals surface area (Å²) in [6.07, 6.45) is -1.96. The average Bonchev–Trinajstić information content (AvgIpc) is 3.19. The highest BCUT2D eigenvalue weighted by molar-refractivity contribution is 6.07. The number of para-hydroxylation sites is 2. The number of nitrogens with zero attached hydrogens (tertiary/aromatic N) is 3. The predicted molar refractivity (Wildman–Crippen MR) is 129 cm³/mol. The molecule has 2 aromatic heterocycles. The van der Waals surface area contributed by atoms with Crippen LogP contribution in [0.25, 0.3) is 27.8 Å². The summed E-state index contributed by atoms with van der Waals surface area (Å²) in [5.74, 6) is 0.220. The Morgan fingerprint density at radius 3 is 2.15 bits per heavy atom. The average molecular weight is 456 g/mol. The van der Waals surface area contributed by atoms with Gasteiger partial charge < -0.3 is 4.57 Å². The Labute approximate surface area is 194 Å². The minimum atomic E-state index is -4.43. The predicted octanol–water partition coefficient (Wildman–Crippen LogP) is 7.16. The van der Waals surface area contributed by atoms with Crippen LogP contribution in [0, 0.1) is 0 Å². The first-order valence-electron chi connectivity index (χ1n) is 10.6. The molecule has 34 heavy (non-hydrogen) atoms. The van der Waals surface area contributed by atoms with E-state index in [1.807, 2.05) is 78.9 Å². The van der Waals surface area contributed by atoms with Crippen LogP contribution in [-0.4, -0.2) is 15.8 Å². The summed E-state index contributed by atoms with van der Waals surface area (Å²) in [5, 5.41) is 5.31. The lowest BCUT2D eigenvalue weighted by Crippen LogP contribution is -2.05. The zero-order valence-corrected chi connectivity index (χ0v) is 17.9. The molecule has 0 aliphatic heterocycles. The van der Waals surface area contributed by atoms with E-state index < -0.39 is 11.7 Å². The zero-order valence-electron chi connectivity index (χ0n) is 17.9. The lowest BCUT2D eigenvalue weighted by molar-refractivity contribution is -0.137. The first-order valence-corrected chi connectivity index (χ1v) is 10.6. The van der Waals surface area contributed by atoms with Gasteiger partial charge in [-0.3, -0.25) is 5.43 Å². The van der Waals surface area contributed by atoms with Crippen molar-refractivity contribution in [2.24, 2.45) is 5.10 Å². The van der Waals surface area contributed by atoms with Crippen LogP contribution in [0.3, 0.4) is 0 Å². The molecule has 5 aromatic rings. The molecule has 5 rings (SSSR count). The molecular weight excluding hydrogens is 437 g/mol. The van der Waals surface area contributed by atoms with Gasteiger partial charge in [-0.15, -0.1) is 0 Å². The topological polar surface area (TPSA) is 42.2 Å². The standard InChI is InChI=1S/C27H19F3N4/c28-27(29,30)20-15-16-25(31-17-20)33-32-18-23-22-13-7-8-14-24(22)34(21-11-5-2-6-12-21)26(23)19-9-3-1-4-10-19/h1-18H,(H,31,33)/b32-18+. The molecule has 0 aliphatic carbocycles. The highest BCUT2D eigenvalue weighted by Gasteiger charge is 2.30. The highest BCUT2D eigenvalue weighted by Crippen LogP contribution is 2.35. The van der Waals surface area contributed by atoms with E-state index in [1.54, 1.807) is 6.21 Å². The first kappa shape index (κ1) is 21.5. The Bertz CT molecular complexity index is 1440. The Balaban J connectivity index is 1.61. The van der Waals surface area contributed by atoms with Gasteiger partial charge in [-0.25, -0.2) is 4.98 Å². The molecule has 0 radical (unpaired) electrons. The van der Waals surface area contributed by atoms with Gasteiger partial charge in [0, 0.05) is 22.8 Å². The number of halogens is 3. The summed E-state index contributed by atoms with van der Waals surface area (Å²) in [4.78, 5) is 3.82. The van der Waals surface area contributed by atoms with E-state index in [-0.39, 0.29) is 5.82 Å². The number of alkyl halides is 3. The van der Waals surface area contributed by atoms with Crippen molar-refractivity contribution >= 4 is 22.9 Å². The second-order valence-electron chi connectivity index (χ2n) is 7.62. The van der Waals surface area contributed by atoms with E-state index in [1.165, 1.54) is 6.07 Å². The fourth-order valence-corrected chi connectivity index (χ4v) is 3.91. The molecule has 1 N–H and O–H groups in total. The van der Waals surface area contributed by atoms with E-state index in [0.29, 0.717) is 0 Å². The Kier molecular flexibility index (Phi) is 5.59. The van der Waals surface area contributed by atoms with Gasteiger partial charge in [0.25, 0.3) is 0 Å². The third-order valence-corrected chi connectivity index (χ3v) is 5.44. The number of nitrogens with one attached hydrogen (secondary N) is 1. The lowest BCUT2D eigenvalue weighted by Gasteiger charge is -2.12. The van der Waals surface area contributed by atoms with Gasteiger partial charge in [0.05, 0.1) is 23.0 Å². The second kappa shape index (κ2) is 8.86. The smallest absolute Gasteiger partial charge is 0.309 e. The molecule has 0 saturated heterocycles. The molecule has 7 heteroatoms. The highest BCUT2D eigenvalue weighted by atomic mass is 19.4. The van der Waals surface area contributed by atoms with Crippen molar-refractivity contribution in [2.75, 3.05) is 5.43 Å². The number of aromatic nitrogens is 2. The van der Waals surface area contributed by atoms with Crippen LogP contribution >= 0.6 is 0 Å². The molecule has 0 aliphatic rings. The molecule has 0 saturated carbocycles.